The predicted octanol–water partition coefficient (Wildman–Crippen LogP) is 3.37. The zero-order chi connectivity index (χ0) is 10.8. The van der Waals surface area contributed by atoms with E-state index in [4.69, 9.17) is 0 Å². The molecular formula is C9H6F4O. The third-order valence-corrected chi connectivity index (χ3v) is 1.42. The van der Waals surface area contributed by atoms with Crippen LogP contribution in [0, 0.1) is 5.82 Å². The summed E-state index contributed by atoms with van der Waals surface area (Å²) in [6.45, 7) is 3.34. The first-order valence-corrected chi connectivity index (χ1v) is 3.60. The Morgan fingerprint density at radius 1 is 1.29 bits per heavy atom. The molecule has 0 fully saturated rings. The van der Waals surface area contributed by atoms with E-state index in [2.05, 4.69) is 11.3 Å². The minimum atomic E-state index is -4.89. The largest absolute Gasteiger partial charge is 0.573 e. The lowest BCUT2D eigenvalue weighted by atomic mass is 10.2. The van der Waals surface area contributed by atoms with Crippen molar-refractivity contribution < 1.29 is 22.3 Å². The van der Waals surface area contributed by atoms with Gasteiger partial charge in [-0.05, 0) is 17.7 Å². The SMILES string of the molecule is C=Cc1ccc(F)c(OC(F)(F)F)c1. The molecule has 76 valence electrons. The van der Waals surface area contributed by atoms with Gasteiger partial charge >= 0.3 is 6.36 Å². The highest BCUT2D eigenvalue weighted by atomic mass is 19.4. The number of rotatable bonds is 2. The summed E-state index contributed by atoms with van der Waals surface area (Å²) in [5, 5.41) is 0. The van der Waals surface area contributed by atoms with Gasteiger partial charge < -0.3 is 4.74 Å². The van der Waals surface area contributed by atoms with Crippen molar-refractivity contribution in [2.45, 2.75) is 6.36 Å². The van der Waals surface area contributed by atoms with Gasteiger partial charge in [0, 0.05) is 0 Å². The second-order valence-corrected chi connectivity index (χ2v) is 2.44. The lowest BCUT2D eigenvalue weighted by Gasteiger charge is -2.09. The molecule has 0 heterocycles. The summed E-state index contributed by atoms with van der Waals surface area (Å²) in [6.07, 6.45) is -3.59. The lowest BCUT2D eigenvalue weighted by molar-refractivity contribution is -0.275. The molecule has 5 heteroatoms. The van der Waals surface area contributed by atoms with Crippen LogP contribution >= 0.6 is 0 Å². The number of halogens is 4. The second kappa shape index (κ2) is 3.69. The molecular weight excluding hydrogens is 200 g/mol. The van der Waals surface area contributed by atoms with Crippen molar-refractivity contribution >= 4 is 6.08 Å². The third kappa shape index (κ3) is 2.76. The highest BCUT2D eigenvalue weighted by molar-refractivity contribution is 5.49. The standard InChI is InChI=1S/C9H6F4O/c1-2-6-3-4-7(10)8(5-6)14-9(11,12)13/h2-5H,1H2. The molecule has 14 heavy (non-hydrogen) atoms. The monoisotopic (exact) mass is 206 g/mol. The molecule has 1 nitrogen and oxygen atoms in total. The summed E-state index contributed by atoms with van der Waals surface area (Å²) in [5.74, 6) is -1.91. The van der Waals surface area contributed by atoms with Crippen molar-refractivity contribution in [1.82, 2.24) is 0 Å². The van der Waals surface area contributed by atoms with E-state index in [0.29, 0.717) is 5.56 Å². The average Bonchev–Trinajstić information content (AvgIpc) is 2.06. The maximum absolute atomic E-state index is 12.8. The Morgan fingerprint density at radius 2 is 1.93 bits per heavy atom. The van der Waals surface area contributed by atoms with Crippen LogP contribution in [-0.2, 0) is 0 Å². The summed E-state index contributed by atoms with van der Waals surface area (Å²) in [4.78, 5) is 0. The van der Waals surface area contributed by atoms with Gasteiger partial charge in [-0.15, -0.1) is 13.2 Å². The molecule has 0 spiro atoms. The minimum Gasteiger partial charge on any atom is -0.403 e. The lowest BCUT2D eigenvalue weighted by Crippen LogP contribution is -2.18. The Morgan fingerprint density at radius 3 is 2.43 bits per heavy atom. The van der Waals surface area contributed by atoms with Crippen LogP contribution in [0.5, 0.6) is 5.75 Å². The smallest absolute Gasteiger partial charge is 0.403 e. The number of hydrogen-bond donors (Lipinski definition) is 0. The van der Waals surface area contributed by atoms with Gasteiger partial charge in [-0.25, -0.2) is 4.39 Å². The first kappa shape index (κ1) is 10.6. The summed E-state index contributed by atoms with van der Waals surface area (Å²) >= 11 is 0. The Kier molecular flexibility index (Phi) is 2.78. The molecule has 0 radical (unpaired) electrons. The molecule has 0 bridgehead atoms. The number of ether oxygens (including phenoxy) is 1. The molecule has 0 aliphatic heterocycles. The average molecular weight is 206 g/mol. The molecule has 0 aliphatic carbocycles. The first-order chi connectivity index (χ1) is 6.42. The van der Waals surface area contributed by atoms with Crippen molar-refractivity contribution in [2.24, 2.45) is 0 Å². The fourth-order valence-electron chi connectivity index (χ4n) is 0.850. The normalized spacial score (nSPS) is 11.1. The molecule has 0 atom stereocenters. The molecule has 0 amide bonds. The first-order valence-electron chi connectivity index (χ1n) is 3.60. The van der Waals surface area contributed by atoms with Gasteiger partial charge in [-0.1, -0.05) is 18.7 Å². The van der Waals surface area contributed by atoms with Crippen molar-refractivity contribution in [3.05, 3.63) is 36.2 Å². The molecule has 0 aromatic heterocycles. The van der Waals surface area contributed by atoms with E-state index in [0.717, 1.165) is 12.1 Å². The van der Waals surface area contributed by atoms with Crippen LogP contribution in [0.1, 0.15) is 5.56 Å². The van der Waals surface area contributed by atoms with Crippen LogP contribution in [0.4, 0.5) is 17.6 Å². The van der Waals surface area contributed by atoms with Crippen LogP contribution in [0.25, 0.3) is 6.08 Å². The van der Waals surface area contributed by atoms with Gasteiger partial charge in [0.2, 0.25) is 0 Å². The molecule has 0 saturated carbocycles. The van der Waals surface area contributed by atoms with Gasteiger partial charge in [0.05, 0.1) is 0 Å². The van der Waals surface area contributed by atoms with E-state index in [1.807, 2.05) is 0 Å². The number of benzene rings is 1. The fraction of sp³-hybridized carbons (Fsp3) is 0.111. The zero-order valence-electron chi connectivity index (χ0n) is 6.94. The molecule has 0 N–H and O–H groups in total. The maximum Gasteiger partial charge on any atom is 0.573 e. The summed E-state index contributed by atoms with van der Waals surface area (Å²) in [6, 6.07) is 3.11. The maximum atomic E-state index is 12.8. The summed E-state index contributed by atoms with van der Waals surface area (Å²) in [7, 11) is 0. The van der Waals surface area contributed by atoms with Crippen LogP contribution in [0.3, 0.4) is 0 Å². The highest BCUT2D eigenvalue weighted by Gasteiger charge is 2.32. The topological polar surface area (TPSA) is 9.23 Å². The van der Waals surface area contributed by atoms with Crippen molar-refractivity contribution in [1.29, 1.82) is 0 Å². The molecule has 0 unspecified atom stereocenters. The molecule has 1 aromatic carbocycles. The van der Waals surface area contributed by atoms with Crippen molar-refractivity contribution in [2.75, 3.05) is 0 Å². The van der Waals surface area contributed by atoms with E-state index < -0.39 is 17.9 Å². The summed E-state index contributed by atoms with van der Waals surface area (Å²) in [5.41, 5.74) is 0.352. The summed E-state index contributed by atoms with van der Waals surface area (Å²) < 4.78 is 51.5. The minimum absolute atomic E-state index is 0.352. The van der Waals surface area contributed by atoms with Crippen molar-refractivity contribution in [3.63, 3.8) is 0 Å². The molecule has 0 saturated heterocycles. The van der Waals surface area contributed by atoms with E-state index in [1.54, 1.807) is 0 Å². The van der Waals surface area contributed by atoms with Crippen LogP contribution in [0.2, 0.25) is 0 Å². The predicted molar refractivity (Wildman–Crippen MR) is 43.2 cm³/mol. The van der Waals surface area contributed by atoms with Crippen LogP contribution in [-0.4, -0.2) is 6.36 Å². The molecule has 0 aliphatic rings. The molecule has 1 rings (SSSR count). The fourth-order valence-corrected chi connectivity index (χ4v) is 0.850. The third-order valence-electron chi connectivity index (χ3n) is 1.42. The van der Waals surface area contributed by atoms with Gasteiger partial charge in [-0.2, -0.15) is 0 Å². The van der Waals surface area contributed by atoms with Crippen molar-refractivity contribution in [3.8, 4) is 5.75 Å². The number of hydrogen-bond acceptors (Lipinski definition) is 1. The zero-order valence-corrected chi connectivity index (χ0v) is 6.94. The molecule has 1 aromatic rings. The van der Waals surface area contributed by atoms with Gasteiger partial charge in [-0.3, -0.25) is 0 Å². The van der Waals surface area contributed by atoms with E-state index in [-0.39, 0.29) is 0 Å². The van der Waals surface area contributed by atoms with Crippen LogP contribution in [0.15, 0.2) is 24.8 Å². The Bertz CT molecular complexity index is 343. The van der Waals surface area contributed by atoms with Gasteiger partial charge in [0.15, 0.2) is 11.6 Å². The van der Waals surface area contributed by atoms with Crippen LogP contribution < -0.4 is 4.74 Å². The Hall–Kier alpha value is -1.52. The van der Waals surface area contributed by atoms with Gasteiger partial charge in [0.1, 0.15) is 0 Å². The highest BCUT2D eigenvalue weighted by Crippen LogP contribution is 2.26. The quantitative estimate of drug-likeness (QED) is 0.674. The van der Waals surface area contributed by atoms with Gasteiger partial charge in [0.25, 0.3) is 0 Å². The number of alkyl halides is 3. The second-order valence-electron chi connectivity index (χ2n) is 2.44. The van der Waals surface area contributed by atoms with E-state index >= 15 is 0 Å². The van der Waals surface area contributed by atoms with E-state index in [9.17, 15) is 17.6 Å². The van der Waals surface area contributed by atoms with E-state index in [1.165, 1.54) is 12.1 Å². The Balaban J connectivity index is 3.01. The Labute approximate surface area is 77.6 Å².